The standard InChI is InChI=1S/C18H30N4O2/c1-4-22-10-6-5-7-15(22)13-21-18(19)20-12-14-8-9-16(23-2)17(11-14)24-3/h8-9,11,15H,4-7,10,12-13H2,1-3H3,(H3,19,20,21). The molecule has 0 bridgehead atoms. The van der Waals surface area contributed by atoms with Crippen molar-refractivity contribution in [3.63, 3.8) is 0 Å². The van der Waals surface area contributed by atoms with Crippen LogP contribution in [-0.4, -0.2) is 50.8 Å². The normalized spacial score (nSPS) is 19.1. The topological polar surface area (TPSA) is 72.1 Å². The molecule has 1 fully saturated rings. The van der Waals surface area contributed by atoms with Crippen LogP contribution in [0, 0.1) is 0 Å². The lowest BCUT2D eigenvalue weighted by Gasteiger charge is -2.35. The van der Waals surface area contributed by atoms with E-state index in [1.807, 2.05) is 18.2 Å². The lowest BCUT2D eigenvalue weighted by Crippen LogP contribution is -2.47. The van der Waals surface area contributed by atoms with Gasteiger partial charge in [-0.25, -0.2) is 4.99 Å². The van der Waals surface area contributed by atoms with Gasteiger partial charge in [0.2, 0.25) is 0 Å². The highest BCUT2D eigenvalue weighted by molar-refractivity contribution is 5.77. The Balaban J connectivity index is 1.87. The summed E-state index contributed by atoms with van der Waals surface area (Å²) in [6.07, 6.45) is 3.82. The smallest absolute Gasteiger partial charge is 0.188 e. The summed E-state index contributed by atoms with van der Waals surface area (Å²) in [5.74, 6) is 1.91. The van der Waals surface area contributed by atoms with Crippen LogP contribution >= 0.6 is 0 Å². The van der Waals surface area contributed by atoms with Gasteiger partial charge in [0.25, 0.3) is 0 Å². The number of hydrogen-bond donors (Lipinski definition) is 2. The van der Waals surface area contributed by atoms with Crippen LogP contribution in [0.4, 0.5) is 0 Å². The predicted molar refractivity (Wildman–Crippen MR) is 97.8 cm³/mol. The molecule has 1 aromatic carbocycles. The largest absolute Gasteiger partial charge is 0.493 e. The van der Waals surface area contributed by atoms with E-state index in [1.54, 1.807) is 14.2 Å². The molecule has 134 valence electrons. The van der Waals surface area contributed by atoms with E-state index in [4.69, 9.17) is 15.2 Å². The molecule has 0 radical (unpaired) electrons. The summed E-state index contributed by atoms with van der Waals surface area (Å²) in [7, 11) is 3.26. The number of likely N-dealkylation sites (N-methyl/N-ethyl adjacent to an activating group) is 1. The molecular weight excluding hydrogens is 304 g/mol. The van der Waals surface area contributed by atoms with E-state index in [9.17, 15) is 0 Å². The maximum atomic E-state index is 6.02. The summed E-state index contributed by atoms with van der Waals surface area (Å²) in [4.78, 5) is 6.94. The molecular formula is C18H30N4O2. The lowest BCUT2D eigenvalue weighted by molar-refractivity contribution is 0.157. The molecule has 1 aromatic rings. The first-order valence-corrected chi connectivity index (χ1v) is 8.66. The number of nitrogens with zero attached hydrogens (tertiary/aromatic N) is 2. The van der Waals surface area contributed by atoms with Gasteiger partial charge >= 0.3 is 0 Å². The third-order valence-corrected chi connectivity index (χ3v) is 4.55. The van der Waals surface area contributed by atoms with Crippen molar-refractivity contribution in [3.05, 3.63) is 23.8 Å². The molecule has 1 heterocycles. The maximum absolute atomic E-state index is 6.02. The number of methoxy groups -OCH3 is 2. The van der Waals surface area contributed by atoms with Crippen LogP contribution in [0.3, 0.4) is 0 Å². The van der Waals surface area contributed by atoms with Crippen LogP contribution in [0.1, 0.15) is 31.7 Å². The van der Waals surface area contributed by atoms with Gasteiger partial charge in [-0.3, -0.25) is 4.90 Å². The highest BCUT2D eigenvalue weighted by Gasteiger charge is 2.20. The van der Waals surface area contributed by atoms with Crippen molar-refractivity contribution >= 4 is 5.96 Å². The van der Waals surface area contributed by atoms with Crippen molar-refractivity contribution in [1.29, 1.82) is 0 Å². The first-order chi connectivity index (χ1) is 11.7. The predicted octanol–water partition coefficient (Wildman–Crippen LogP) is 1.98. The van der Waals surface area contributed by atoms with Crippen LogP contribution in [-0.2, 0) is 6.54 Å². The van der Waals surface area contributed by atoms with E-state index in [1.165, 1.54) is 25.8 Å². The zero-order valence-electron chi connectivity index (χ0n) is 15.0. The Morgan fingerprint density at radius 1 is 1.29 bits per heavy atom. The van der Waals surface area contributed by atoms with Crippen molar-refractivity contribution in [2.75, 3.05) is 33.9 Å². The number of guanidine groups is 1. The summed E-state index contributed by atoms with van der Waals surface area (Å²) >= 11 is 0. The number of benzene rings is 1. The van der Waals surface area contributed by atoms with Crippen LogP contribution in [0.2, 0.25) is 0 Å². The van der Waals surface area contributed by atoms with Gasteiger partial charge in [-0.15, -0.1) is 0 Å². The second-order valence-corrected chi connectivity index (χ2v) is 6.05. The van der Waals surface area contributed by atoms with Crippen molar-refractivity contribution in [2.45, 2.75) is 38.8 Å². The first kappa shape index (κ1) is 18.4. The Morgan fingerprint density at radius 2 is 2.08 bits per heavy atom. The van der Waals surface area contributed by atoms with Gasteiger partial charge in [-0.2, -0.15) is 0 Å². The SMILES string of the molecule is CCN1CCCCC1CNC(N)=NCc1ccc(OC)c(OC)c1. The molecule has 1 aliphatic rings. The second kappa shape index (κ2) is 9.37. The second-order valence-electron chi connectivity index (χ2n) is 6.05. The number of nitrogens with one attached hydrogen (secondary N) is 1. The third kappa shape index (κ3) is 5.03. The van der Waals surface area contributed by atoms with Gasteiger partial charge in [0.15, 0.2) is 17.5 Å². The Kier molecular flexibility index (Phi) is 7.18. The molecule has 0 aromatic heterocycles. The molecule has 1 unspecified atom stereocenters. The Labute approximate surface area is 145 Å². The van der Waals surface area contributed by atoms with E-state index in [0.717, 1.165) is 18.7 Å². The molecule has 0 amide bonds. The monoisotopic (exact) mass is 334 g/mol. The van der Waals surface area contributed by atoms with Gasteiger partial charge < -0.3 is 20.5 Å². The summed E-state index contributed by atoms with van der Waals surface area (Å²) in [5, 5.41) is 3.27. The van der Waals surface area contributed by atoms with Crippen molar-refractivity contribution < 1.29 is 9.47 Å². The molecule has 0 saturated carbocycles. The van der Waals surface area contributed by atoms with Crippen molar-refractivity contribution in [2.24, 2.45) is 10.7 Å². The minimum absolute atomic E-state index is 0.492. The highest BCUT2D eigenvalue weighted by atomic mass is 16.5. The number of rotatable bonds is 7. The molecule has 6 nitrogen and oxygen atoms in total. The molecule has 1 aliphatic heterocycles. The quantitative estimate of drug-likeness (QED) is 0.589. The number of piperidine rings is 1. The number of hydrogen-bond acceptors (Lipinski definition) is 4. The van der Waals surface area contributed by atoms with E-state index in [0.29, 0.717) is 30.0 Å². The zero-order chi connectivity index (χ0) is 17.4. The molecule has 1 saturated heterocycles. The zero-order valence-corrected chi connectivity index (χ0v) is 15.0. The number of nitrogens with two attached hydrogens (primary N) is 1. The minimum atomic E-state index is 0.492. The fraction of sp³-hybridized carbons (Fsp3) is 0.611. The molecule has 6 heteroatoms. The fourth-order valence-corrected chi connectivity index (χ4v) is 3.14. The molecule has 0 aliphatic carbocycles. The maximum Gasteiger partial charge on any atom is 0.188 e. The summed E-state index contributed by atoms with van der Waals surface area (Å²) in [5.41, 5.74) is 7.05. The summed E-state index contributed by atoms with van der Waals surface area (Å²) in [6, 6.07) is 6.33. The van der Waals surface area contributed by atoms with Crippen LogP contribution in [0.25, 0.3) is 0 Å². The number of ether oxygens (including phenoxy) is 2. The first-order valence-electron chi connectivity index (χ1n) is 8.66. The fourth-order valence-electron chi connectivity index (χ4n) is 3.14. The van der Waals surface area contributed by atoms with E-state index >= 15 is 0 Å². The molecule has 24 heavy (non-hydrogen) atoms. The highest BCUT2D eigenvalue weighted by Crippen LogP contribution is 2.27. The lowest BCUT2D eigenvalue weighted by atomic mass is 10.0. The van der Waals surface area contributed by atoms with Crippen molar-refractivity contribution in [3.8, 4) is 11.5 Å². The van der Waals surface area contributed by atoms with Gasteiger partial charge in [0.05, 0.1) is 20.8 Å². The van der Waals surface area contributed by atoms with E-state index < -0.39 is 0 Å². The molecule has 0 spiro atoms. The van der Waals surface area contributed by atoms with Gasteiger partial charge in [-0.05, 0) is 43.6 Å². The molecule has 3 N–H and O–H groups in total. The van der Waals surface area contributed by atoms with E-state index in [-0.39, 0.29) is 0 Å². The van der Waals surface area contributed by atoms with Gasteiger partial charge in [0.1, 0.15) is 0 Å². The van der Waals surface area contributed by atoms with Gasteiger partial charge in [-0.1, -0.05) is 19.4 Å². The van der Waals surface area contributed by atoms with Crippen LogP contribution in [0.15, 0.2) is 23.2 Å². The van der Waals surface area contributed by atoms with E-state index in [2.05, 4.69) is 22.1 Å². The minimum Gasteiger partial charge on any atom is -0.493 e. The Bertz CT molecular complexity index is 548. The number of aliphatic imine (C=N–C) groups is 1. The summed E-state index contributed by atoms with van der Waals surface area (Å²) in [6.45, 7) is 5.86. The average Bonchev–Trinajstić information content (AvgIpc) is 2.64. The number of likely N-dealkylation sites (tertiary alicyclic amines) is 1. The van der Waals surface area contributed by atoms with Crippen LogP contribution < -0.4 is 20.5 Å². The average molecular weight is 334 g/mol. The third-order valence-electron chi connectivity index (χ3n) is 4.55. The van der Waals surface area contributed by atoms with Crippen LogP contribution in [0.5, 0.6) is 11.5 Å². The molecule has 2 rings (SSSR count). The van der Waals surface area contributed by atoms with Crippen molar-refractivity contribution in [1.82, 2.24) is 10.2 Å². The van der Waals surface area contributed by atoms with Gasteiger partial charge in [0, 0.05) is 12.6 Å². The molecule has 1 atom stereocenters. The Morgan fingerprint density at radius 3 is 2.79 bits per heavy atom. The Hall–Kier alpha value is -1.95. The summed E-state index contributed by atoms with van der Waals surface area (Å²) < 4.78 is 10.5.